The lowest BCUT2D eigenvalue weighted by Gasteiger charge is -2.32. The maximum Gasteiger partial charge on any atom is 0.347 e. The van der Waals surface area contributed by atoms with Gasteiger partial charge in [-0.3, -0.25) is 19.3 Å². The van der Waals surface area contributed by atoms with Gasteiger partial charge in [-0.15, -0.1) is 0 Å². The van der Waals surface area contributed by atoms with E-state index < -0.39 is 35.7 Å². The van der Waals surface area contributed by atoms with Crippen LogP contribution in [0.2, 0.25) is 0 Å². The topological polar surface area (TPSA) is 138 Å². The van der Waals surface area contributed by atoms with Crippen molar-refractivity contribution >= 4 is 46.9 Å². The normalized spacial score (nSPS) is 17.7. The highest BCUT2D eigenvalue weighted by Gasteiger charge is 2.43. The Morgan fingerprint density at radius 2 is 1.55 bits per heavy atom. The number of para-hydroxylation sites is 1. The van der Waals surface area contributed by atoms with Gasteiger partial charge in [0.25, 0.3) is 5.79 Å². The van der Waals surface area contributed by atoms with E-state index in [1.54, 1.807) is 47.5 Å². The molecule has 2 saturated heterocycles. The lowest BCUT2D eigenvalue weighted by Crippen LogP contribution is -2.52. The number of hydrogen-bond donors (Lipinski definition) is 2. The van der Waals surface area contributed by atoms with E-state index in [1.165, 1.54) is 18.7 Å². The summed E-state index contributed by atoms with van der Waals surface area (Å²) in [6, 6.07) is 22.1. The minimum absolute atomic E-state index is 0.0108. The first kappa shape index (κ1) is 31.3. The van der Waals surface area contributed by atoms with Crippen LogP contribution in [0.5, 0.6) is 0 Å². The van der Waals surface area contributed by atoms with Gasteiger partial charge in [0.2, 0.25) is 5.91 Å². The second-order valence-electron chi connectivity index (χ2n) is 12.0. The number of carbonyl (C=O) groups is 5. The molecule has 47 heavy (non-hydrogen) atoms. The standard InChI is InChI=1S/C35H35N5O7/c1-35(2)46-31(42)27(32(43)47-35)20-23-11-10-14-25(19-23)36-33(44)37-40-21-28(24-12-4-3-5-13-24)26-15-6-7-16-29(26)39(34(40)45)22-30(41)38-17-8-9-18-38/h3-7,10-16,19,21,27H,8-9,17-18,20,22H2,1-2H3,(H2,36,37,44). The first-order valence-corrected chi connectivity index (χ1v) is 15.5. The number of hydrazine groups is 1. The summed E-state index contributed by atoms with van der Waals surface area (Å²) in [6.45, 7) is 4.05. The van der Waals surface area contributed by atoms with Crippen molar-refractivity contribution in [3.63, 3.8) is 0 Å². The molecule has 3 aliphatic heterocycles. The molecule has 12 heteroatoms. The van der Waals surface area contributed by atoms with Gasteiger partial charge in [0.05, 0.1) is 5.69 Å². The third kappa shape index (κ3) is 6.96. The van der Waals surface area contributed by atoms with Crippen LogP contribution in [-0.4, -0.2) is 65.2 Å². The zero-order valence-electron chi connectivity index (χ0n) is 26.1. The summed E-state index contributed by atoms with van der Waals surface area (Å²) < 4.78 is 10.4. The van der Waals surface area contributed by atoms with Crippen molar-refractivity contribution in [2.75, 3.05) is 29.9 Å². The molecule has 0 aromatic heterocycles. The fraction of sp³-hybridized carbons (Fsp3) is 0.286. The minimum Gasteiger partial charge on any atom is -0.422 e. The number of rotatable bonds is 7. The van der Waals surface area contributed by atoms with E-state index in [1.807, 2.05) is 42.5 Å². The van der Waals surface area contributed by atoms with Crippen LogP contribution in [0.4, 0.5) is 21.0 Å². The molecule has 12 nitrogen and oxygen atoms in total. The fourth-order valence-corrected chi connectivity index (χ4v) is 5.90. The number of benzene rings is 3. The third-order valence-electron chi connectivity index (χ3n) is 8.13. The number of carbonyl (C=O) groups excluding carboxylic acids is 5. The van der Waals surface area contributed by atoms with Gasteiger partial charge < -0.3 is 19.7 Å². The second kappa shape index (κ2) is 13.0. The van der Waals surface area contributed by atoms with E-state index in [9.17, 15) is 24.0 Å². The molecule has 0 spiro atoms. The number of amides is 5. The number of anilines is 2. The van der Waals surface area contributed by atoms with E-state index in [0.717, 1.165) is 29.0 Å². The van der Waals surface area contributed by atoms with Crippen molar-refractivity contribution in [2.24, 2.45) is 5.92 Å². The van der Waals surface area contributed by atoms with Crippen LogP contribution in [0.3, 0.4) is 0 Å². The molecule has 0 saturated carbocycles. The Kier molecular flexibility index (Phi) is 8.66. The summed E-state index contributed by atoms with van der Waals surface area (Å²) in [4.78, 5) is 68.9. The average Bonchev–Trinajstić information content (AvgIpc) is 3.56. The third-order valence-corrected chi connectivity index (χ3v) is 8.13. The SMILES string of the molecule is CC1(C)OC(=O)C(Cc2cccc(NC(=O)NN3C=C(c4ccccc4)c4ccccc4N(CC(=O)N4CCCC4)C3=O)c2)C(=O)O1. The molecule has 0 atom stereocenters. The highest BCUT2D eigenvalue weighted by atomic mass is 16.7. The Labute approximate surface area is 271 Å². The molecule has 0 bridgehead atoms. The van der Waals surface area contributed by atoms with Crippen LogP contribution in [0.15, 0.2) is 85.1 Å². The van der Waals surface area contributed by atoms with Gasteiger partial charge in [-0.1, -0.05) is 60.7 Å². The van der Waals surface area contributed by atoms with Gasteiger partial charge in [-0.25, -0.2) is 20.0 Å². The fourth-order valence-electron chi connectivity index (χ4n) is 5.90. The second-order valence-corrected chi connectivity index (χ2v) is 12.0. The Bertz CT molecular complexity index is 1730. The highest BCUT2D eigenvalue weighted by Crippen LogP contribution is 2.35. The van der Waals surface area contributed by atoms with E-state index in [2.05, 4.69) is 10.7 Å². The number of fused-ring (bicyclic) bond motifs is 1. The quantitative estimate of drug-likeness (QED) is 0.284. The first-order valence-electron chi connectivity index (χ1n) is 15.5. The van der Waals surface area contributed by atoms with Crippen molar-refractivity contribution in [3.05, 3.63) is 102 Å². The van der Waals surface area contributed by atoms with Crippen LogP contribution >= 0.6 is 0 Å². The van der Waals surface area contributed by atoms with E-state index in [4.69, 9.17) is 9.47 Å². The molecule has 3 aromatic carbocycles. The molecule has 0 radical (unpaired) electrons. The summed E-state index contributed by atoms with van der Waals surface area (Å²) >= 11 is 0. The van der Waals surface area contributed by atoms with Gasteiger partial charge in [0.15, 0.2) is 5.92 Å². The molecule has 3 aromatic rings. The molecule has 6 rings (SSSR count). The molecule has 0 unspecified atom stereocenters. The van der Waals surface area contributed by atoms with Crippen molar-refractivity contribution in [2.45, 2.75) is 38.9 Å². The largest absolute Gasteiger partial charge is 0.422 e. The van der Waals surface area contributed by atoms with E-state index in [-0.39, 0.29) is 18.9 Å². The number of likely N-dealkylation sites (tertiary alicyclic amines) is 1. The molecule has 2 fully saturated rings. The summed E-state index contributed by atoms with van der Waals surface area (Å²) in [5, 5.41) is 3.80. The summed E-state index contributed by atoms with van der Waals surface area (Å²) in [6.07, 6.45) is 3.39. The zero-order valence-corrected chi connectivity index (χ0v) is 26.1. The Hall–Kier alpha value is -5.65. The maximum atomic E-state index is 14.1. The van der Waals surface area contributed by atoms with Crippen molar-refractivity contribution in [1.29, 1.82) is 0 Å². The molecule has 3 heterocycles. The molecule has 242 valence electrons. The average molecular weight is 638 g/mol. The number of ether oxygens (including phenoxy) is 2. The van der Waals surface area contributed by atoms with Crippen molar-refractivity contribution in [3.8, 4) is 0 Å². The van der Waals surface area contributed by atoms with Crippen LogP contribution in [-0.2, 0) is 30.3 Å². The Morgan fingerprint density at radius 3 is 2.28 bits per heavy atom. The van der Waals surface area contributed by atoms with Crippen LogP contribution < -0.4 is 15.6 Å². The monoisotopic (exact) mass is 637 g/mol. The zero-order chi connectivity index (χ0) is 33.1. The number of urea groups is 2. The number of nitrogens with zero attached hydrogens (tertiary/aromatic N) is 3. The first-order chi connectivity index (χ1) is 22.6. The van der Waals surface area contributed by atoms with Crippen molar-refractivity contribution in [1.82, 2.24) is 15.3 Å². The molecule has 5 amide bonds. The number of nitrogens with one attached hydrogen (secondary N) is 2. The maximum absolute atomic E-state index is 14.1. The van der Waals surface area contributed by atoms with E-state index >= 15 is 0 Å². The smallest absolute Gasteiger partial charge is 0.347 e. The highest BCUT2D eigenvalue weighted by molar-refractivity contribution is 6.05. The lowest BCUT2D eigenvalue weighted by molar-refractivity contribution is -0.239. The Morgan fingerprint density at radius 1 is 0.872 bits per heavy atom. The van der Waals surface area contributed by atoms with Gasteiger partial charge in [0.1, 0.15) is 6.54 Å². The van der Waals surface area contributed by atoms with E-state index in [0.29, 0.717) is 35.6 Å². The summed E-state index contributed by atoms with van der Waals surface area (Å²) in [5.74, 6) is -4.01. The van der Waals surface area contributed by atoms with Gasteiger partial charge in [-0.2, -0.15) is 0 Å². The van der Waals surface area contributed by atoms with Gasteiger partial charge in [0, 0.05) is 50.0 Å². The molecule has 3 aliphatic rings. The molecule has 2 N–H and O–H groups in total. The summed E-state index contributed by atoms with van der Waals surface area (Å²) in [5.41, 5.74) is 6.32. The van der Waals surface area contributed by atoms with Gasteiger partial charge >= 0.3 is 24.0 Å². The van der Waals surface area contributed by atoms with Crippen LogP contribution in [0, 0.1) is 5.92 Å². The lowest BCUT2D eigenvalue weighted by atomic mass is 9.97. The predicted molar refractivity (Wildman–Crippen MR) is 172 cm³/mol. The van der Waals surface area contributed by atoms with Gasteiger partial charge in [-0.05, 0) is 48.6 Å². The predicted octanol–water partition coefficient (Wildman–Crippen LogP) is 4.67. The Balaban J connectivity index is 1.24. The number of hydrogen-bond acceptors (Lipinski definition) is 7. The molecular weight excluding hydrogens is 602 g/mol. The molecule has 0 aliphatic carbocycles. The molecular formula is C35H35N5O7. The number of esters is 2. The number of cyclic esters (lactones) is 2. The minimum atomic E-state index is -1.33. The van der Waals surface area contributed by atoms with Crippen LogP contribution in [0.25, 0.3) is 5.57 Å². The van der Waals surface area contributed by atoms with Crippen molar-refractivity contribution < 1.29 is 33.4 Å². The van der Waals surface area contributed by atoms with Crippen LogP contribution in [0.1, 0.15) is 43.4 Å². The summed E-state index contributed by atoms with van der Waals surface area (Å²) in [7, 11) is 0.